The molecule has 0 aliphatic rings. The number of benzene rings is 2. The van der Waals surface area contributed by atoms with Crippen LogP contribution >= 0.6 is 0 Å². The molecular formula is C30H39N7O6. The molecule has 0 saturated heterocycles. The van der Waals surface area contributed by atoms with E-state index in [4.69, 9.17) is 11.5 Å². The fourth-order valence-corrected chi connectivity index (χ4v) is 4.44. The molecule has 1 heterocycles. The van der Waals surface area contributed by atoms with E-state index < -0.39 is 47.9 Å². The predicted octanol–water partition coefficient (Wildman–Crippen LogP) is 0.139. The number of nitrogens with one attached hydrogen (secondary N) is 4. The number of aliphatic carboxylic acids is 1. The number of carboxylic acid groups (broad SMARTS) is 1. The van der Waals surface area contributed by atoms with E-state index in [1.54, 1.807) is 12.1 Å². The lowest BCUT2D eigenvalue weighted by molar-refractivity contribution is -0.142. The Labute approximate surface area is 249 Å². The summed E-state index contributed by atoms with van der Waals surface area (Å²) in [5, 5.41) is 27.2. The molecule has 2 aromatic carbocycles. The second kappa shape index (κ2) is 16.6. The van der Waals surface area contributed by atoms with Crippen LogP contribution in [-0.4, -0.2) is 74.6 Å². The van der Waals surface area contributed by atoms with E-state index in [0.29, 0.717) is 30.6 Å². The number of nitrogens with zero attached hydrogens (tertiary/aromatic N) is 1. The lowest BCUT2D eigenvalue weighted by atomic mass is 10.0. The summed E-state index contributed by atoms with van der Waals surface area (Å²) in [6.45, 7) is 0.374. The molecule has 10 N–H and O–H groups in total. The highest BCUT2D eigenvalue weighted by Gasteiger charge is 2.30. The van der Waals surface area contributed by atoms with Crippen molar-refractivity contribution in [2.45, 2.75) is 62.7 Å². The molecule has 0 fully saturated rings. The summed E-state index contributed by atoms with van der Waals surface area (Å²) < 4.78 is 0. The number of rotatable bonds is 17. The topological polar surface area (TPSA) is 226 Å². The van der Waals surface area contributed by atoms with Crippen LogP contribution in [0.1, 0.15) is 36.1 Å². The van der Waals surface area contributed by atoms with Crippen LogP contribution < -0.4 is 27.4 Å². The maximum Gasteiger partial charge on any atom is 0.326 e. The van der Waals surface area contributed by atoms with Crippen LogP contribution in [0.5, 0.6) is 5.75 Å². The van der Waals surface area contributed by atoms with Crippen molar-refractivity contribution in [3.8, 4) is 5.75 Å². The number of phenols is 1. The number of unbranched alkanes of at least 4 members (excludes halogenated alkanes) is 1. The average molecular weight is 594 g/mol. The molecule has 13 heteroatoms. The summed E-state index contributed by atoms with van der Waals surface area (Å²) in [4.78, 5) is 58.7. The quantitative estimate of drug-likeness (QED) is 0.0995. The second-order valence-electron chi connectivity index (χ2n) is 10.3. The second-order valence-corrected chi connectivity index (χ2v) is 10.3. The minimum atomic E-state index is -1.29. The Morgan fingerprint density at radius 1 is 0.791 bits per heavy atom. The van der Waals surface area contributed by atoms with Gasteiger partial charge >= 0.3 is 5.97 Å². The van der Waals surface area contributed by atoms with Crippen LogP contribution in [0.15, 0.2) is 67.1 Å². The van der Waals surface area contributed by atoms with E-state index in [-0.39, 0.29) is 31.4 Å². The molecule has 4 unspecified atom stereocenters. The van der Waals surface area contributed by atoms with Gasteiger partial charge < -0.3 is 42.6 Å². The number of aromatic hydroxyl groups is 1. The summed E-state index contributed by atoms with van der Waals surface area (Å²) in [5.74, 6) is -3.12. The molecular weight excluding hydrogens is 554 g/mol. The van der Waals surface area contributed by atoms with Crippen molar-refractivity contribution in [2.24, 2.45) is 11.5 Å². The van der Waals surface area contributed by atoms with Gasteiger partial charge in [-0.05, 0) is 55.5 Å². The van der Waals surface area contributed by atoms with Crippen LogP contribution in [0.2, 0.25) is 0 Å². The first-order valence-electron chi connectivity index (χ1n) is 14.0. The molecule has 3 rings (SSSR count). The Morgan fingerprint density at radius 2 is 1.42 bits per heavy atom. The number of phenolic OH excluding ortho intramolecular Hbond substituents is 1. The first kappa shape index (κ1) is 32.8. The van der Waals surface area contributed by atoms with Gasteiger partial charge in [0.25, 0.3) is 0 Å². The third kappa shape index (κ3) is 10.9. The molecule has 13 nitrogen and oxygen atoms in total. The van der Waals surface area contributed by atoms with Crippen molar-refractivity contribution in [1.29, 1.82) is 0 Å². The van der Waals surface area contributed by atoms with Crippen LogP contribution in [0.3, 0.4) is 0 Å². The van der Waals surface area contributed by atoms with Gasteiger partial charge in [-0.25, -0.2) is 9.78 Å². The van der Waals surface area contributed by atoms with Crippen molar-refractivity contribution >= 4 is 23.7 Å². The van der Waals surface area contributed by atoms with E-state index in [9.17, 15) is 29.4 Å². The standard InChI is InChI=1S/C30H39N7O6/c31-13-5-4-8-24(28(40)37-26(30(42)43)15-20-9-11-22(38)12-10-20)35-29(41)25(16-21-17-33-18-34-21)36-27(39)23(32)14-19-6-2-1-3-7-19/h1-3,6-7,9-12,17-18,23-26,38H,4-5,8,13-16,31-32H2,(H,33,34)(H,35,41)(H,36,39)(H,37,40)(H,42,43). The van der Waals surface area contributed by atoms with Crippen molar-refractivity contribution < 1.29 is 29.4 Å². The van der Waals surface area contributed by atoms with Crippen LogP contribution in [0.25, 0.3) is 0 Å². The summed E-state index contributed by atoms with van der Waals surface area (Å²) in [5.41, 5.74) is 13.8. The number of carbonyl (C=O) groups excluding carboxylic acids is 3. The maximum absolute atomic E-state index is 13.5. The SMILES string of the molecule is NCCCCC(NC(=O)C(Cc1cnc[nH]1)NC(=O)C(N)Cc1ccccc1)C(=O)NC(Cc1ccc(O)cc1)C(=O)O. The Balaban J connectivity index is 1.73. The number of nitrogens with two attached hydrogens (primary N) is 2. The van der Waals surface area contributed by atoms with Gasteiger partial charge in [0.2, 0.25) is 17.7 Å². The molecule has 0 aliphatic carbocycles. The minimum absolute atomic E-state index is 0.0279. The lowest BCUT2D eigenvalue weighted by Gasteiger charge is -2.25. The highest BCUT2D eigenvalue weighted by molar-refractivity contribution is 5.94. The number of carbonyl (C=O) groups is 4. The van der Waals surface area contributed by atoms with Gasteiger partial charge in [0, 0.05) is 24.7 Å². The molecule has 4 atom stereocenters. The molecule has 3 amide bonds. The number of hydrogen-bond donors (Lipinski definition) is 8. The third-order valence-electron chi connectivity index (χ3n) is 6.82. The van der Waals surface area contributed by atoms with Gasteiger partial charge in [0.05, 0.1) is 12.4 Å². The lowest BCUT2D eigenvalue weighted by Crippen LogP contribution is -2.58. The molecule has 0 radical (unpaired) electrons. The fraction of sp³-hybridized carbons (Fsp3) is 0.367. The fourth-order valence-electron chi connectivity index (χ4n) is 4.44. The van der Waals surface area contributed by atoms with Gasteiger partial charge in [0.1, 0.15) is 23.9 Å². The zero-order valence-corrected chi connectivity index (χ0v) is 23.7. The highest BCUT2D eigenvalue weighted by atomic mass is 16.4. The number of imidazole rings is 1. The average Bonchev–Trinajstić information content (AvgIpc) is 3.50. The number of carboxylic acids is 1. The molecule has 230 valence electrons. The minimum Gasteiger partial charge on any atom is -0.508 e. The van der Waals surface area contributed by atoms with E-state index in [0.717, 1.165) is 5.56 Å². The van der Waals surface area contributed by atoms with Gasteiger partial charge in [-0.3, -0.25) is 14.4 Å². The van der Waals surface area contributed by atoms with Crippen molar-refractivity contribution in [3.05, 3.63) is 83.9 Å². The Bertz CT molecular complexity index is 1320. The zero-order valence-electron chi connectivity index (χ0n) is 23.7. The summed E-state index contributed by atoms with van der Waals surface area (Å²) in [6, 6.07) is 10.8. The molecule has 0 aliphatic heterocycles. The van der Waals surface area contributed by atoms with Gasteiger partial charge in [-0.15, -0.1) is 0 Å². The number of H-pyrrole nitrogens is 1. The van der Waals surface area contributed by atoms with E-state index >= 15 is 0 Å². The van der Waals surface area contributed by atoms with Crippen LogP contribution in [0, 0.1) is 0 Å². The monoisotopic (exact) mass is 593 g/mol. The number of amides is 3. The molecule has 0 saturated carbocycles. The normalized spacial score (nSPS) is 13.7. The number of aromatic nitrogens is 2. The maximum atomic E-state index is 13.5. The van der Waals surface area contributed by atoms with Crippen LogP contribution in [0.4, 0.5) is 0 Å². The van der Waals surface area contributed by atoms with Crippen LogP contribution in [-0.2, 0) is 38.4 Å². The zero-order chi connectivity index (χ0) is 31.2. The highest BCUT2D eigenvalue weighted by Crippen LogP contribution is 2.12. The molecule has 43 heavy (non-hydrogen) atoms. The number of hydrogen-bond acceptors (Lipinski definition) is 8. The smallest absolute Gasteiger partial charge is 0.326 e. The Morgan fingerprint density at radius 3 is 2.05 bits per heavy atom. The summed E-state index contributed by atoms with van der Waals surface area (Å²) >= 11 is 0. The predicted molar refractivity (Wildman–Crippen MR) is 159 cm³/mol. The summed E-state index contributed by atoms with van der Waals surface area (Å²) in [7, 11) is 0. The molecule has 3 aromatic rings. The third-order valence-corrected chi connectivity index (χ3v) is 6.82. The Kier molecular flexibility index (Phi) is 12.7. The largest absolute Gasteiger partial charge is 0.508 e. The van der Waals surface area contributed by atoms with Crippen molar-refractivity contribution in [3.63, 3.8) is 0 Å². The first-order valence-corrected chi connectivity index (χ1v) is 14.0. The molecule has 0 bridgehead atoms. The molecule has 1 aromatic heterocycles. The van der Waals surface area contributed by atoms with Crippen molar-refractivity contribution in [2.75, 3.05) is 6.54 Å². The molecule has 0 spiro atoms. The Hall–Kier alpha value is -4.75. The van der Waals surface area contributed by atoms with Gasteiger partial charge in [0.15, 0.2) is 0 Å². The van der Waals surface area contributed by atoms with Gasteiger partial charge in [-0.2, -0.15) is 0 Å². The van der Waals surface area contributed by atoms with Gasteiger partial charge in [-0.1, -0.05) is 42.5 Å². The first-order chi connectivity index (χ1) is 20.7. The van der Waals surface area contributed by atoms with E-state index in [1.807, 2.05) is 30.3 Å². The van der Waals surface area contributed by atoms with Crippen molar-refractivity contribution in [1.82, 2.24) is 25.9 Å². The number of aromatic amines is 1. The van der Waals surface area contributed by atoms with E-state index in [2.05, 4.69) is 25.9 Å². The van der Waals surface area contributed by atoms with E-state index in [1.165, 1.54) is 24.7 Å². The summed E-state index contributed by atoms with van der Waals surface area (Å²) in [6.07, 6.45) is 4.49.